The summed E-state index contributed by atoms with van der Waals surface area (Å²) < 4.78 is 10.2. The van der Waals surface area contributed by atoms with E-state index in [0.29, 0.717) is 22.6 Å². The lowest BCUT2D eigenvalue weighted by Crippen LogP contribution is -2.06. The van der Waals surface area contributed by atoms with Crippen molar-refractivity contribution >= 4 is 5.91 Å². The van der Waals surface area contributed by atoms with Crippen LogP contribution in [-0.4, -0.2) is 25.2 Å². The molecule has 5 nitrogen and oxygen atoms in total. The van der Waals surface area contributed by atoms with Gasteiger partial charge in [-0.1, -0.05) is 0 Å². The second-order valence-corrected chi connectivity index (χ2v) is 3.15. The van der Waals surface area contributed by atoms with Gasteiger partial charge in [-0.2, -0.15) is 0 Å². The van der Waals surface area contributed by atoms with Gasteiger partial charge in [-0.15, -0.1) is 0 Å². The van der Waals surface area contributed by atoms with Gasteiger partial charge in [0.25, 0.3) is 5.91 Å². The molecular weight excluding hydrogens is 222 g/mol. The first-order valence-electron chi connectivity index (χ1n) is 4.79. The van der Waals surface area contributed by atoms with Crippen LogP contribution in [0.1, 0.15) is 11.1 Å². The van der Waals surface area contributed by atoms with Crippen molar-refractivity contribution in [2.45, 2.75) is 6.61 Å². The van der Waals surface area contributed by atoms with Gasteiger partial charge in [-0.25, -0.2) is 0 Å². The molecule has 1 aromatic rings. The number of primary amides is 1. The maximum Gasteiger partial charge on any atom is 0.293 e. The third-order valence-electron chi connectivity index (χ3n) is 2.06. The molecule has 0 unspecified atom stereocenters. The second kappa shape index (κ2) is 5.77. The van der Waals surface area contributed by atoms with Crippen LogP contribution in [-0.2, 0) is 11.4 Å². The number of hydrogen-bond donors (Lipinski definition) is 2. The fourth-order valence-corrected chi connectivity index (χ4v) is 1.30. The molecule has 0 aromatic heterocycles. The number of benzene rings is 1. The molecule has 0 aliphatic carbocycles. The van der Waals surface area contributed by atoms with E-state index in [0.717, 1.165) is 0 Å². The van der Waals surface area contributed by atoms with Crippen LogP contribution >= 0.6 is 0 Å². The Morgan fingerprint density at radius 3 is 2.24 bits per heavy atom. The molecule has 0 saturated heterocycles. The summed E-state index contributed by atoms with van der Waals surface area (Å²) in [6.07, 6.45) is 0. The maximum atomic E-state index is 10.6. The second-order valence-electron chi connectivity index (χ2n) is 3.15. The zero-order valence-electron chi connectivity index (χ0n) is 9.61. The van der Waals surface area contributed by atoms with E-state index >= 15 is 0 Å². The van der Waals surface area contributed by atoms with Crippen molar-refractivity contribution in [1.82, 2.24) is 0 Å². The number of nitrogens with two attached hydrogens (primary N) is 1. The van der Waals surface area contributed by atoms with Crippen molar-refractivity contribution in [2.75, 3.05) is 14.2 Å². The Balaban J connectivity index is 3.36. The molecule has 0 saturated carbocycles. The van der Waals surface area contributed by atoms with E-state index < -0.39 is 5.91 Å². The van der Waals surface area contributed by atoms with Gasteiger partial charge in [0.15, 0.2) is 0 Å². The Bertz CT molecular complexity index is 460. The van der Waals surface area contributed by atoms with E-state index in [9.17, 15) is 4.79 Å². The van der Waals surface area contributed by atoms with Crippen molar-refractivity contribution in [3.8, 4) is 23.3 Å². The summed E-state index contributed by atoms with van der Waals surface area (Å²) >= 11 is 0. The number of aliphatic hydroxyl groups is 1. The average molecular weight is 235 g/mol. The highest BCUT2D eigenvalue weighted by Gasteiger charge is 2.10. The molecule has 5 heteroatoms. The molecule has 0 spiro atoms. The van der Waals surface area contributed by atoms with Gasteiger partial charge in [-0.05, 0) is 23.6 Å². The van der Waals surface area contributed by atoms with Crippen molar-refractivity contribution in [1.29, 1.82) is 0 Å². The summed E-state index contributed by atoms with van der Waals surface area (Å²) in [5.74, 6) is 4.89. The molecule has 17 heavy (non-hydrogen) atoms. The van der Waals surface area contributed by atoms with Crippen LogP contribution in [0, 0.1) is 11.8 Å². The normalized spacial score (nSPS) is 9.12. The summed E-state index contributed by atoms with van der Waals surface area (Å²) in [4.78, 5) is 10.6. The van der Waals surface area contributed by atoms with Crippen LogP contribution in [0.2, 0.25) is 0 Å². The highest BCUT2D eigenvalue weighted by molar-refractivity contribution is 5.92. The van der Waals surface area contributed by atoms with E-state index in [-0.39, 0.29) is 6.61 Å². The molecule has 0 radical (unpaired) electrons. The molecule has 0 atom stereocenters. The fourth-order valence-electron chi connectivity index (χ4n) is 1.30. The number of amides is 1. The van der Waals surface area contributed by atoms with Gasteiger partial charge in [0.05, 0.1) is 20.8 Å². The van der Waals surface area contributed by atoms with Crippen LogP contribution in [0.25, 0.3) is 0 Å². The van der Waals surface area contributed by atoms with Crippen LogP contribution in [0.15, 0.2) is 12.1 Å². The van der Waals surface area contributed by atoms with Gasteiger partial charge in [0, 0.05) is 5.92 Å². The first kappa shape index (κ1) is 12.9. The first-order valence-corrected chi connectivity index (χ1v) is 4.79. The molecule has 1 aromatic carbocycles. The zero-order valence-corrected chi connectivity index (χ0v) is 9.61. The first-order chi connectivity index (χ1) is 8.12. The number of carbonyl (C=O) groups is 1. The summed E-state index contributed by atoms with van der Waals surface area (Å²) in [6, 6.07) is 3.24. The monoisotopic (exact) mass is 235 g/mol. The molecule has 1 amide bonds. The molecule has 0 heterocycles. The smallest absolute Gasteiger partial charge is 0.293 e. The van der Waals surface area contributed by atoms with Crippen LogP contribution < -0.4 is 15.2 Å². The van der Waals surface area contributed by atoms with Crippen LogP contribution in [0.3, 0.4) is 0 Å². The minimum atomic E-state index is -0.736. The highest BCUT2D eigenvalue weighted by atomic mass is 16.5. The van der Waals surface area contributed by atoms with Crippen LogP contribution in [0.4, 0.5) is 0 Å². The summed E-state index contributed by atoms with van der Waals surface area (Å²) in [6.45, 7) is -0.143. The van der Waals surface area contributed by atoms with Gasteiger partial charge in [0.1, 0.15) is 17.1 Å². The lowest BCUT2D eigenvalue weighted by atomic mass is 10.1. The number of hydrogen-bond acceptors (Lipinski definition) is 4. The van der Waals surface area contributed by atoms with Crippen LogP contribution in [0.5, 0.6) is 11.5 Å². The molecule has 1 rings (SSSR count). The number of aliphatic hydroxyl groups excluding tert-OH is 1. The number of rotatable bonds is 3. The predicted octanol–water partition coefficient (Wildman–Crippen LogP) is 0.0329. The van der Waals surface area contributed by atoms with Crippen molar-refractivity contribution in [2.24, 2.45) is 5.73 Å². The van der Waals surface area contributed by atoms with Crippen molar-refractivity contribution in [3.63, 3.8) is 0 Å². The molecule has 0 aliphatic heterocycles. The average Bonchev–Trinajstić information content (AvgIpc) is 2.34. The lowest BCUT2D eigenvalue weighted by Gasteiger charge is -2.10. The molecule has 3 N–H and O–H groups in total. The fraction of sp³-hybridized carbons (Fsp3) is 0.250. The molecule has 0 aliphatic rings. The Morgan fingerprint density at radius 2 is 1.88 bits per heavy atom. The van der Waals surface area contributed by atoms with E-state index in [1.807, 2.05) is 0 Å². The Morgan fingerprint density at radius 1 is 1.35 bits per heavy atom. The van der Waals surface area contributed by atoms with E-state index in [1.165, 1.54) is 14.2 Å². The summed E-state index contributed by atoms with van der Waals surface area (Å²) in [7, 11) is 2.93. The highest BCUT2D eigenvalue weighted by Crippen LogP contribution is 2.29. The SMILES string of the molecule is COc1cc(CO)cc(OC)c1C#CC(N)=O. The van der Waals surface area contributed by atoms with E-state index in [1.54, 1.807) is 12.1 Å². The molecule has 90 valence electrons. The van der Waals surface area contributed by atoms with Crippen molar-refractivity contribution in [3.05, 3.63) is 23.3 Å². The van der Waals surface area contributed by atoms with E-state index in [4.69, 9.17) is 20.3 Å². The number of ether oxygens (including phenoxy) is 2. The standard InChI is InChI=1S/C12H13NO4/c1-16-10-5-8(7-14)6-11(17-2)9(10)3-4-12(13)15/h5-6,14H,7H2,1-2H3,(H2,13,15). The quantitative estimate of drug-likeness (QED) is 0.724. The number of methoxy groups -OCH3 is 2. The zero-order chi connectivity index (χ0) is 12.8. The Labute approximate surface area is 99.1 Å². The molecule has 0 fully saturated rings. The topological polar surface area (TPSA) is 81.8 Å². The molecular formula is C12H13NO4. The maximum absolute atomic E-state index is 10.6. The van der Waals surface area contributed by atoms with Gasteiger partial charge < -0.3 is 20.3 Å². The molecule has 0 bridgehead atoms. The summed E-state index contributed by atoms with van der Waals surface area (Å²) in [5, 5.41) is 9.07. The number of carbonyl (C=O) groups excluding carboxylic acids is 1. The third kappa shape index (κ3) is 3.13. The Kier molecular flexibility index (Phi) is 4.37. The van der Waals surface area contributed by atoms with E-state index in [2.05, 4.69) is 11.8 Å². The largest absolute Gasteiger partial charge is 0.495 e. The van der Waals surface area contributed by atoms with Gasteiger partial charge >= 0.3 is 0 Å². The van der Waals surface area contributed by atoms with Gasteiger partial charge in [-0.3, -0.25) is 4.79 Å². The minimum absolute atomic E-state index is 0.143. The Hall–Kier alpha value is -2.19. The third-order valence-corrected chi connectivity index (χ3v) is 2.06. The van der Waals surface area contributed by atoms with Gasteiger partial charge in [0.2, 0.25) is 0 Å². The lowest BCUT2D eigenvalue weighted by molar-refractivity contribution is -0.112. The predicted molar refractivity (Wildman–Crippen MR) is 61.5 cm³/mol. The minimum Gasteiger partial charge on any atom is -0.495 e. The van der Waals surface area contributed by atoms with Crippen molar-refractivity contribution < 1.29 is 19.4 Å². The summed E-state index contributed by atoms with van der Waals surface area (Å²) in [5.41, 5.74) is 6.00.